The Labute approximate surface area is 214 Å². The molecule has 0 aliphatic carbocycles. The molecule has 4 amide bonds. The highest BCUT2D eigenvalue weighted by molar-refractivity contribution is 6.39. The van der Waals surface area contributed by atoms with E-state index in [1.165, 1.54) is 24.1 Å². The first-order chi connectivity index (χ1) is 17.6. The number of benzene rings is 2. The van der Waals surface area contributed by atoms with Crippen LogP contribution >= 0.6 is 0 Å². The monoisotopic (exact) mass is 505 g/mol. The third kappa shape index (κ3) is 4.77. The van der Waals surface area contributed by atoms with Gasteiger partial charge < -0.3 is 15.5 Å². The van der Waals surface area contributed by atoms with Gasteiger partial charge in [0.2, 0.25) is 5.91 Å². The predicted molar refractivity (Wildman–Crippen MR) is 135 cm³/mol. The number of anilines is 2. The van der Waals surface area contributed by atoms with Crippen LogP contribution in [0.4, 0.5) is 15.8 Å². The first-order valence-electron chi connectivity index (χ1n) is 12.0. The lowest BCUT2D eigenvalue weighted by atomic mass is 9.80. The molecule has 1 saturated heterocycles. The maximum absolute atomic E-state index is 13.9. The molecule has 192 valence electrons. The molecule has 2 aliphatic rings. The van der Waals surface area contributed by atoms with Crippen molar-refractivity contribution in [1.29, 1.82) is 0 Å². The fraction of sp³-hybridized carbons (Fsp3) is 0.370. The standard InChI is InChI=1S/C27H28FN5O4/c1-16(2)13-21(32(4)25(36)23(34)30-18-11-9-17(28)10-12-18)24(35)33-15-27(14-22(33)29-3)19-7-5-6-8-20(19)31-26(27)37/h5-12,16,21-22H,13-15H2,1-2,4H3,(H,30,34)(H,31,37)/t21-,22-,27-/m0/s1. The van der Waals surface area contributed by atoms with Crippen LogP contribution in [0.1, 0.15) is 32.3 Å². The normalized spacial score (nSPS) is 20.8. The van der Waals surface area contributed by atoms with E-state index in [0.29, 0.717) is 5.69 Å². The molecular weight excluding hydrogens is 477 g/mol. The average molecular weight is 506 g/mol. The van der Waals surface area contributed by atoms with Crippen molar-refractivity contribution in [2.24, 2.45) is 5.92 Å². The van der Waals surface area contributed by atoms with Gasteiger partial charge in [0, 0.05) is 25.0 Å². The predicted octanol–water partition coefficient (Wildman–Crippen LogP) is 3.01. The second-order valence-corrected chi connectivity index (χ2v) is 9.88. The van der Waals surface area contributed by atoms with Crippen LogP contribution < -0.4 is 10.6 Å². The first kappa shape index (κ1) is 25.8. The summed E-state index contributed by atoms with van der Waals surface area (Å²) in [6, 6.07) is 11.2. The molecule has 0 radical (unpaired) electrons. The van der Waals surface area contributed by atoms with E-state index in [2.05, 4.69) is 15.5 Å². The number of hydrogen-bond acceptors (Lipinski definition) is 4. The lowest BCUT2D eigenvalue weighted by Gasteiger charge is -2.31. The second-order valence-electron chi connectivity index (χ2n) is 9.88. The summed E-state index contributed by atoms with van der Waals surface area (Å²) in [5, 5.41) is 5.28. The first-order valence-corrected chi connectivity index (χ1v) is 12.0. The molecule has 10 heteroatoms. The Kier molecular flexibility index (Phi) is 6.99. The van der Waals surface area contributed by atoms with Crippen molar-refractivity contribution < 1.29 is 23.6 Å². The van der Waals surface area contributed by atoms with E-state index in [9.17, 15) is 23.6 Å². The molecule has 1 spiro atoms. The summed E-state index contributed by atoms with van der Waals surface area (Å²) < 4.78 is 13.2. The van der Waals surface area contributed by atoms with Gasteiger partial charge in [-0.05, 0) is 48.2 Å². The van der Waals surface area contributed by atoms with Crippen molar-refractivity contribution >= 4 is 35.0 Å². The van der Waals surface area contributed by atoms with Gasteiger partial charge >= 0.3 is 18.0 Å². The summed E-state index contributed by atoms with van der Waals surface area (Å²) in [4.78, 5) is 58.7. The fourth-order valence-corrected chi connectivity index (χ4v) is 5.04. The van der Waals surface area contributed by atoms with E-state index < -0.39 is 41.2 Å². The smallest absolute Gasteiger partial charge is 0.313 e. The Balaban J connectivity index is 1.58. The number of amides is 4. The molecule has 9 nitrogen and oxygen atoms in total. The highest BCUT2D eigenvalue weighted by Crippen LogP contribution is 2.47. The van der Waals surface area contributed by atoms with Gasteiger partial charge in [-0.2, -0.15) is 0 Å². The van der Waals surface area contributed by atoms with E-state index in [4.69, 9.17) is 6.57 Å². The minimum absolute atomic E-state index is 0.000127. The number of likely N-dealkylation sites (tertiary alicyclic amines) is 1. The summed E-state index contributed by atoms with van der Waals surface area (Å²) in [5.41, 5.74) is 0.591. The van der Waals surface area contributed by atoms with Crippen molar-refractivity contribution in [2.75, 3.05) is 24.2 Å². The molecular formula is C27H28FN5O4. The summed E-state index contributed by atoms with van der Waals surface area (Å²) >= 11 is 0. The molecule has 0 unspecified atom stereocenters. The zero-order valence-electron chi connectivity index (χ0n) is 20.8. The maximum atomic E-state index is 13.9. The molecule has 3 atom stereocenters. The molecule has 1 fully saturated rings. The third-order valence-corrected chi connectivity index (χ3v) is 6.95. The molecule has 0 saturated carbocycles. The topological polar surface area (TPSA) is 103 Å². The number of rotatable bonds is 5. The van der Waals surface area contributed by atoms with Crippen LogP contribution in [0.3, 0.4) is 0 Å². The average Bonchev–Trinajstić information content (AvgIpc) is 3.40. The lowest BCUT2D eigenvalue weighted by Crippen LogP contribution is -2.53. The van der Waals surface area contributed by atoms with Gasteiger partial charge in [-0.15, -0.1) is 0 Å². The van der Waals surface area contributed by atoms with Crippen LogP contribution in [0.25, 0.3) is 4.85 Å². The fourth-order valence-electron chi connectivity index (χ4n) is 5.04. The molecule has 2 heterocycles. The zero-order chi connectivity index (χ0) is 26.9. The Morgan fingerprint density at radius 3 is 2.54 bits per heavy atom. The Morgan fingerprint density at radius 1 is 1.22 bits per heavy atom. The summed E-state index contributed by atoms with van der Waals surface area (Å²) in [6.07, 6.45) is -0.500. The van der Waals surface area contributed by atoms with Crippen LogP contribution in [0, 0.1) is 18.3 Å². The van der Waals surface area contributed by atoms with Crippen LogP contribution in [0.15, 0.2) is 48.5 Å². The number of hydrogen-bond donors (Lipinski definition) is 2. The molecule has 0 bridgehead atoms. The van der Waals surface area contributed by atoms with Crippen molar-refractivity contribution in [2.45, 2.75) is 44.3 Å². The zero-order valence-corrected chi connectivity index (χ0v) is 20.8. The van der Waals surface area contributed by atoms with E-state index in [0.717, 1.165) is 22.6 Å². The lowest BCUT2D eigenvalue weighted by molar-refractivity contribution is -0.149. The quantitative estimate of drug-likeness (QED) is 0.482. The molecule has 4 rings (SSSR count). The largest absolute Gasteiger partial charge is 0.325 e. The van der Waals surface area contributed by atoms with Gasteiger partial charge in [0.05, 0.1) is 6.42 Å². The molecule has 0 aromatic heterocycles. The number of fused-ring (bicyclic) bond motifs is 2. The molecule has 2 aromatic rings. The van der Waals surface area contributed by atoms with Crippen LogP contribution in [0.2, 0.25) is 0 Å². The SMILES string of the molecule is [C-]#[N+][C@@H]1C[C@@]2(CN1C(=O)[C@H](CC(C)C)N(C)C(=O)C(=O)Nc1ccc(F)cc1)C(=O)Nc1ccccc12. The molecule has 2 aromatic carbocycles. The number of carbonyl (C=O) groups is 4. The highest BCUT2D eigenvalue weighted by Gasteiger charge is 2.59. The maximum Gasteiger partial charge on any atom is 0.313 e. The number of halogens is 1. The molecule has 2 N–H and O–H groups in total. The van der Waals surface area contributed by atoms with Gasteiger partial charge in [-0.3, -0.25) is 28.9 Å². The number of carbonyl (C=O) groups excluding carboxylic acids is 4. The van der Waals surface area contributed by atoms with Gasteiger partial charge in [-0.25, -0.2) is 11.0 Å². The van der Waals surface area contributed by atoms with Gasteiger partial charge in [0.25, 0.3) is 5.91 Å². The van der Waals surface area contributed by atoms with Crippen molar-refractivity contribution in [1.82, 2.24) is 9.80 Å². The number of nitrogens with one attached hydrogen (secondary N) is 2. The number of likely N-dealkylation sites (N-methyl/N-ethyl adjacent to an activating group) is 1. The van der Waals surface area contributed by atoms with E-state index >= 15 is 0 Å². The van der Waals surface area contributed by atoms with Crippen molar-refractivity contribution in [3.8, 4) is 0 Å². The van der Waals surface area contributed by atoms with Crippen LogP contribution in [0.5, 0.6) is 0 Å². The van der Waals surface area contributed by atoms with Crippen LogP contribution in [-0.2, 0) is 24.6 Å². The van der Waals surface area contributed by atoms with Gasteiger partial charge in [0.15, 0.2) is 0 Å². The third-order valence-electron chi connectivity index (χ3n) is 6.95. The minimum atomic E-state index is -1.05. The van der Waals surface area contributed by atoms with Gasteiger partial charge in [0.1, 0.15) is 17.3 Å². The number of nitrogens with zero attached hydrogens (tertiary/aromatic N) is 3. The van der Waals surface area contributed by atoms with E-state index in [1.807, 2.05) is 26.0 Å². The van der Waals surface area contributed by atoms with E-state index in [1.54, 1.807) is 12.1 Å². The molecule has 37 heavy (non-hydrogen) atoms. The van der Waals surface area contributed by atoms with Crippen molar-refractivity contribution in [3.63, 3.8) is 0 Å². The highest BCUT2D eigenvalue weighted by atomic mass is 19.1. The summed E-state index contributed by atoms with van der Waals surface area (Å²) in [7, 11) is 1.37. The van der Waals surface area contributed by atoms with E-state index in [-0.39, 0.29) is 36.9 Å². The van der Waals surface area contributed by atoms with Crippen LogP contribution in [-0.4, -0.2) is 59.2 Å². The summed E-state index contributed by atoms with van der Waals surface area (Å²) in [5.74, 6) is -3.17. The van der Waals surface area contributed by atoms with Crippen molar-refractivity contribution in [3.05, 3.63) is 71.3 Å². The second kappa shape index (κ2) is 10.0. The Hall–Kier alpha value is -4.26. The molecule has 2 aliphatic heterocycles. The summed E-state index contributed by atoms with van der Waals surface area (Å²) in [6.45, 7) is 11.5. The van der Waals surface area contributed by atoms with Gasteiger partial charge in [-0.1, -0.05) is 32.0 Å². The Morgan fingerprint density at radius 2 is 1.89 bits per heavy atom. The Bertz CT molecular complexity index is 1290. The minimum Gasteiger partial charge on any atom is -0.325 e. The number of para-hydroxylation sites is 1.